The minimum Gasteiger partial charge on any atom is -0.309 e. The first kappa shape index (κ1) is 54.9. The fraction of sp³-hybridized carbons (Fsp3) is 0. The zero-order chi connectivity index (χ0) is 63.2. The highest BCUT2D eigenvalue weighted by Gasteiger charge is 2.20. The lowest BCUT2D eigenvalue weighted by Gasteiger charge is -2.11. The molecule has 0 aliphatic carbocycles. The number of rotatable bonds is 8. The quantitative estimate of drug-likeness (QED) is 0.144. The maximum Gasteiger partial charge on any atom is 0.0541 e. The average molecular weight is 1220 g/mol. The average Bonchev–Trinajstić information content (AvgIpc) is 1.62. The monoisotopic (exact) mass is 1220 g/mol. The zero-order valence-electron chi connectivity index (χ0n) is 52.4. The molecule has 0 bridgehead atoms. The van der Waals surface area contributed by atoms with E-state index in [0.29, 0.717) is 0 Å². The number of para-hydroxylation sites is 5. The summed E-state index contributed by atoms with van der Waals surface area (Å²) in [6, 6.07) is 132. The number of aromatic nitrogens is 4. The molecule has 4 heteroatoms. The summed E-state index contributed by atoms with van der Waals surface area (Å²) in [6.45, 7) is 0. The zero-order valence-corrected chi connectivity index (χ0v) is 52.4. The first-order chi connectivity index (χ1) is 47.6. The number of hydrogen-bond acceptors (Lipinski definition) is 0. The smallest absolute Gasteiger partial charge is 0.0541 e. The Morgan fingerprint density at radius 2 is 0.375 bits per heavy atom. The van der Waals surface area contributed by atoms with Crippen LogP contribution in [0.4, 0.5) is 0 Å². The Morgan fingerprint density at radius 1 is 0.125 bits per heavy atom. The van der Waals surface area contributed by atoms with Gasteiger partial charge in [0.1, 0.15) is 0 Å². The summed E-state index contributed by atoms with van der Waals surface area (Å²) in [7, 11) is 0. The van der Waals surface area contributed by atoms with Gasteiger partial charge in [-0.15, -0.1) is 0 Å². The van der Waals surface area contributed by atoms with E-state index in [1.807, 2.05) is 0 Å². The summed E-state index contributed by atoms with van der Waals surface area (Å²) in [5, 5.41) is 15.1. The molecule has 0 unspecified atom stereocenters. The van der Waals surface area contributed by atoms with Crippen molar-refractivity contribution in [2.45, 2.75) is 0 Å². The van der Waals surface area contributed by atoms with E-state index in [2.05, 4.69) is 382 Å². The Kier molecular flexibility index (Phi) is 12.9. The van der Waals surface area contributed by atoms with E-state index in [4.69, 9.17) is 0 Å². The number of fused-ring (bicyclic) bond motifs is 14. The lowest BCUT2D eigenvalue weighted by molar-refractivity contribution is 1.18. The van der Waals surface area contributed by atoms with Gasteiger partial charge in [0.15, 0.2) is 0 Å². The molecule has 20 aromatic rings. The summed E-state index contributed by atoms with van der Waals surface area (Å²) in [5.74, 6) is 0. The number of benzene rings is 16. The third kappa shape index (κ3) is 9.14. The van der Waals surface area contributed by atoms with Gasteiger partial charge >= 0.3 is 0 Å². The fourth-order valence-corrected chi connectivity index (χ4v) is 15.2. The Labute approximate surface area is 554 Å². The summed E-state index contributed by atoms with van der Waals surface area (Å²) in [6.07, 6.45) is 0. The minimum atomic E-state index is 1.16. The van der Waals surface area contributed by atoms with Crippen LogP contribution in [-0.4, -0.2) is 18.3 Å². The second kappa shape index (κ2) is 22.5. The van der Waals surface area contributed by atoms with Gasteiger partial charge in [-0.3, -0.25) is 0 Å². The largest absolute Gasteiger partial charge is 0.309 e. The predicted octanol–water partition coefficient (Wildman–Crippen LogP) is 24.7. The van der Waals surface area contributed by atoms with Crippen LogP contribution in [0.2, 0.25) is 0 Å². The fourth-order valence-electron chi connectivity index (χ4n) is 15.2. The van der Waals surface area contributed by atoms with Crippen LogP contribution in [0.1, 0.15) is 0 Å². The molecule has 0 saturated carbocycles. The Morgan fingerprint density at radius 3 is 0.792 bits per heavy atom. The van der Waals surface area contributed by atoms with E-state index < -0.39 is 0 Å². The molecule has 4 heterocycles. The highest BCUT2D eigenvalue weighted by atomic mass is 15.0. The summed E-state index contributed by atoms with van der Waals surface area (Å²) < 4.78 is 9.57. The lowest BCUT2D eigenvalue weighted by Crippen LogP contribution is -1.94. The number of hydrogen-bond donors (Lipinski definition) is 0. The van der Waals surface area contributed by atoms with Crippen molar-refractivity contribution in [1.82, 2.24) is 18.3 Å². The van der Waals surface area contributed by atoms with E-state index in [9.17, 15) is 0 Å². The molecule has 0 fully saturated rings. The van der Waals surface area contributed by atoms with Crippen LogP contribution in [0, 0.1) is 0 Å². The van der Waals surface area contributed by atoms with Crippen molar-refractivity contribution in [2.75, 3.05) is 0 Å². The molecule has 0 spiro atoms. The van der Waals surface area contributed by atoms with Crippen LogP contribution in [0.15, 0.2) is 364 Å². The van der Waals surface area contributed by atoms with Gasteiger partial charge in [0.2, 0.25) is 0 Å². The van der Waals surface area contributed by atoms with E-state index in [-0.39, 0.29) is 0 Å². The predicted molar refractivity (Wildman–Crippen MR) is 407 cm³/mol. The first-order valence-electron chi connectivity index (χ1n) is 33.0. The molecule has 4 nitrogen and oxygen atoms in total. The van der Waals surface area contributed by atoms with Gasteiger partial charge < -0.3 is 18.3 Å². The van der Waals surface area contributed by atoms with Gasteiger partial charge in [-0.05, 0) is 193 Å². The van der Waals surface area contributed by atoms with Gasteiger partial charge in [-0.2, -0.15) is 0 Å². The Balaban J connectivity index is 0.000000135. The highest BCUT2D eigenvalue weighted by molar-refractivity contribution is 6.15. The van der Waals surface area contributed by atoms with Crippen LogP contribution >= 0.6 is 0 Å². The molecule has 0 amide bonds. The van der Waals surface area contributed by atoms with Crippen LogP contribution < -0.4 is 0 Å². The van der Waals surface area contributed by atoms with E-state index in [0.717, 1.165) is 11.4 Å². The van der Waals surface area contributed by atoms with Crippen LogP contribution in [-0.2, 0) is 0 Å². The van der Waals surface area contributed by atoms with E-state index >= 15 is 0 Å². The molecule has 0 N–H and O–H groups in total. The van der Waals surface area contributed by atoms with E-state index in [1.54, 1.807) is 0 Å². The highest BCUT2D eigenvalue weighted by Crippen LogP contribution is 2.42. The van der Waals surface area contributed by atoms with Crippen LogP contribution in [0.5, 0.6) is 0 Å². The van der Waals surface area contributed by atoms with Crippen molar-refractivity contribution in [3.63, 3.8) is 0 Å². The van der Waals surface area contributed by atoms with Gasteiger partial charge in [0.25, 0.3) is 0 Å². The van der Waals surface area contributed by atoms with Crippen LogP contribution in [0.25, 0.3) is 176 Å². The SMILES string of the molecule is c1ccc(-c2ccc(-n3c4ccccc4c4cc(-c5ccc6c(c5)c5ccccc5n6-c5ccc6ccccc6c5)ccc43)cc2)cc1.c1ccc(-n2c3ccccc3c3cc(-c4ccc5c(c4)c4ccccc4n5-c4ccc(-c5ccc6ccccc6c5)cc4)ccc32)cc1. The van der Waals surface area contributed by atoms with Gasteiger partial charge in [-0.1, -0.05) is 237 Å². The van der Waals surface area contributed by atoms with Crippen molar-refractivity contribution in [3.8, 4) is 67.3 Å². The van der Waals surface area contributed by atoms with Crippen molar-refractivity contribution in [2.24, 2.45) is 0 Å². The molecule has 0 aliphatic rings. The van der Waals surface area contributed by atoms with Crippen molar-refractivity contribution < 1.29 is 0 Å². The van der Waals surface area contributed by atoms with Gasteiger partial charge in [0.05, 0.1) is 44.1 Å². The van der Waals surface area contributed by atoms with Gasteiger partial charge in [-0.25, -0.2) is 0 Å². The lowest BCUT2D eigenvalue weighted by atomic mass is 10.0. The Bertz CT molecular complexity index is 6420. The topological polar surface area (TPSA) is 19.7 Å². The third-order valence-corrected chi connectivity index (χ3v) is 19.8. The Hall–Kier alpha value is -12.8. The molecule has 20 rings (SSSR count). The molecular weight excluding hydrogens is 1160 g/mol. The summed E-state index contributed by atoms with van der Waals surface area (Å²) >= 11 is 0. The molecular formula is C92H60N4. The standard InChI is InChI=1S/2C46H30N2/c1-2-12-37(13-3-1)47-43-16-8-6-14-39(43)41-29-35(22-26-45(41)47)36-23-27-46-42(30-36)40-15-7-9-17-44(40)48(46)38-24-20-32(21-25-38)34-19-18-31-10-4-5-11-33(31)28-34;1-2-10-31(11-3-1)33-18-23-37(24-19-33)47-43-16-8-6-14-39(43)41-29-35(21-26-45(41)47)36-22-27-46-42(30-36)40-15-7-9-17-44(40)48(46)38-25-20-32-12-4-5-13-34(32)28-38/h2*1-30H. The van der Waals surface area contributed by atoms with Crippen molar-refractivity contribution in [1.29, 1.82) is 0 Å². The summed E-state index contributed by atoms with van der Waals surface area (Å²) in [5.41, 5.74) is 24.2. The minimum absolute atomic E-state index is 1.16. The molecule has 16 aromatic carbocycles. The maximum atomic E-state index is 2.40. The molecule has 0 saturated heterocycles. The third-order valence-electron chi connectivity index (χ3n) is 19.8. The molecule has 448 valence electrons. The molecule has 96 heavy (non-hydrogen) atoms. The second-order valence-corrected chi connectivity index (χ2v) is 25.2. The molecule has 0 atom stereocenters. The first-order valence-corrected chi connectivity index (χ1v) is 33.0. The normalized spacial score (nSPS) is 11.8. The maximum absolute atomic E-state index is 2.40. The second-order valence-electron chi connectivity index (χ2n) is 25.2. The molecule has 0 aliphatic heterocycles. The van der Waals surface area contributed by atoms with Gasteiger partial charge in [0, 0.05) is 65.8 Å². The molecule has 4 aromatic heterocycles. The number of nitrogens with zero attached hydrogens (tertiary/aromatic N) is 4. The van der Waals surface area contributed by atoms with Crippen LogP contribution in [0.3, 0.4) is 0 Å². The van der Waals surface area contributed by atoms with Crippen molar-refractivity contribution in [3.05, 3.63) is 364 Å². The summed E-state index contributed by atoms with van der Waals surface area (Å²) in [4.78, 5) is 0. The van der Waals surface area contributed by atoms with E-state index in [1.165, 1.54) is 165 Å². The van der Waals surface area contributed by atoms with Crippen molar-refractivity contribution >= 4 is 109 Å². The molecule has 0 radical (unpaired) electrons.